The number of aryl methyl sites for hydroxylation is 2. The number of amides is 1. The number of carbonyl (C=O) groups is 1. The number of fused-ring (bicyclic) bond motifs is 1. The van der Waals surface area contributed by atoms with Crippen LogP contribution in [0.25, 0.3) is 16.9 Å². The largest absolute Gasteiger partial charge is 0.356 e. The molecule has 5 rings (SSSR count). The van der Waals surface area contributed by atoms with Crippen LogP contribution in [0.1, 0.15) is 24.2 Å². The molecule has 1 aliphatic heterocycles. The summed E-state index contributed by atoms with van der Waals surface area (Å²) in [6.07, 6.45) is 3.31. The van der Waals surface area contributed by atoms with Crippen LogP contribution in [0.15, 0.2) is 36.7 Å². The number of aromatic nitrogens is 6. The van der Waals surface area contributed by atoms with Gasteiger partial charge in [-0.05, 0) is 44.9 Å². The van der Waals surface area contributed by atoms with Gasteiger partial charge >= 0.3 is 0 Å². The first kappa shape index (κ1) is 19.6. The fourth-order valence-corrected chi connectivity index (χ4v) is 4.58. The molecule has 1 atom stereocenters. The van der Waals surface area contributed by atoms with Crippen LogP contribution in [-0.2, 0) is 4.79 Å². The fraction of sp³-hybridized carbons (Fsp3) is 0.333. The first-order valence-electron chi connectivity index (χ1n) is 10.2. The molecule has 1 saturated heterocycles. The molecule has 31 heavy (non-hydrogen) atoms. The Labute approximate surface area is 183 Å². The summed E-state index contributed by atoms with van der Waals surface area (Å²) in [7, 11) is 0. The first-order chi connectivity index (χ1) is 15.1. The predicted octanol–water partition coefficient (Wildman–Crippen LogP) is 3.14. The van der Waals surface area contributed by atoms with E-state index in [1.165, 1.54) is 0 Å². The lowest BCUT2D eigenvalue weighted by Gasteiger charge is -2.32. The van der Waals surface area contributed by atoms with Gasteiger partial charge in [0.25, 0.3) is 0 Å². The van der Waals surface area contributed by atoms with Crippen molar-refractivity contribution in [3.05, 3.63) is 48.0 Å². The van der Waals surface area contributed by atoms with Crippen LogP contribution in [0.2, 0.25) is 0 Å². The van der Waals surface area contributed by atoms with Crippen molar-refractivity contribution < 1.29 is 4.79 Å². The van der Waals surface area contributed by atoms with E-state index >= 15 is 0 Å². The number of anilines is 2. The molecular weight excluding hydrogens is 412 g/mol. The highest BCUT2D eigenvalue weighted by Gasteiger charge is 2.27. The Morgan fingerprint density at radius 3 is 2.87 bits per heavy atom. The van der Waals surface area contributed by atoms with Gasteiger partial charge in [-0.15, -0.1) is 0 Å². The molecule has 0 bridgehead atoms. The van der Waals surface area contributed by atoms with Crippen molar-refractivity contribution in [1.82, 2.24) is 28.5 Å². The monoisotopic (exact) mass is 434 g/mol. The predicted molar refractivity (Wildman–Crippen MR) is 120 cm³/mol. The van der Waals surface area contributed by atoms with Gasteiger partial charge in [-0.1, -0.05) is 6.07 Å². The summed E-state index contributed by atoms with van der Waals surface area (Å²) in [6, 6.07) is 9.59. The molecule has 4 aromatic rings. The molecule has 4 heterocycles. The Bertz CT molecular complexity index is 1250. The van der Waals surface area contributed by atoms with Crippen molar-refractivity contribution >= 4 is 40.2 Å². The van der Waals surface area contributed by atoms with Crippen LogP contribution < -0.4 is 10.2 Å². The lowest BCUT2D eigenvalue weighted by molar-refractivity contribution is -0.120. The van der Waals surface area contributed by atoms with E-state index in [0.717, 1.165) is 65.2 Å². The Morgan fingerprint density at radius 1 is 1.16 bits per heavy atom. The Kier molecular flexibility index (Phi) is 5.06. The van der Waals surface area contributed by atoms with Crippen LogP contribution >= 0.6 is 11.7 Å². The fourth-order valence-electron chi connectivity index (χ4n) is 4.03. The number of rotatable bonds is 4. The Morgan fingerprint density at radius 2 is 2.03 bits per heavy atom. The van der Waals surface area contributed by atoms with Gasteiger partial charge in [0, 0.05) is 24.8 Å². The second-order valence-electron chi connectivity index (χ2n) is 7.79. The van der Waals surface area contributed by atoms with E-state index in [1.807, 2.05) is 48.9 Å². The average Bonchev–Trinajstić information content (AvgIpc) is 3.40. The highest BCUT2D eigenvalue weighted by molar-refractivity contribution is 7.00. The van der Waals surface area contributed by atoms with Gasteiger partial charge < -0.3 is 10.2 Å². The highest BCUT2D eigenvalue weighted by Crippen LogP contribution is 2.26. The standard InChI is InChI=1S/C21H22N8OS/c1-13-9-14(2)29(25-13)19-10-18(22-12-23-19)28-8-4-5-15(11-28)21(30)24-16-6-3-7-17-20(16)27-31-26-17/h3,6-7,9-10,12,15H,4-5,8,11H2,1-2H3,(H,24,30). The van der Waals surface area contributed by atoms with Crippen LogP contribution in [0.3, 0.4) is 0 Å². The minimum absolute atomic E-state index is 0.00183. The molecular formula is C21H22N8OS. The van der Waals surface area contributed by atoms with Crippen LogP contribution in [-0.4, -0.2) is 47.5 Å². The number of hydrogen-bond acceptors (Lipinski definition) is 8. The van der Waals surface area contributed by atoms with E-state index in [-0.39, 0.29) is 11.8 Å². The van der Waals surface area contributed by atoms with E-state index in [0.29, 0.717) is 12.2 Å². The topological polar surface area (TPSA) is 102 Å². The summed E-state index contributed by atoms with van der Waals surface area (Å²) in [5.74, 6) is 1.39. The Hall–Kier alpha value is -3.40. The van der Waals surface area contributed by atoms with Crippen molar-refractivity contribution in [2.75, 3.05) is 23.3 Å². The second-order valence-corrected chi connectivity index (χ2v) is 8.31. The average molecular weight is 435 g/mol. The normalized spacial score (nSPS) is 16.6. The summed E-state index contributed by atoms with van der Waals surface area (Å²) in [5, 5.41) is 7.56. The molecule has 1 aliphatic rings. The van der Waals surface area contributed by atoms with Gasteiger partial charge in [0.05, 0.1) is 29.0 Å². The summed E-state index contributed by atoms with van der Waals surface area (Å²) in [4.78, 5) is 24.0. The summed E-state index contributed by atoms with van der Waals surface area (Å²) in [6.45, 7) is 5.41. The number of benzene rings is 1. The highest BCUT2D eigenvalue weighted by atomic mass is 32.1. The zero-order chi connectivity index (χ0) is 21.4. The molecule has 0 aliphatic carbocycles. The number of hydrogen-bond donors (Lipinski definition) is 1. The molecule has 158 valence electrons. The molecule has 1 unspecified atom stereocenters. The van der Waals surface area contributed by atoms with Gasteiger partial charge in [-0.3, -0.25) is 4.79 Å². The Balaban J connectivity index is 1.33. The number of nitrogens with zero attached hydrogens (tertiary/aromatic N) is 7. The van der Waals surface area contributed by atoms with E-state index in [1.54, 1.807) is 6.33 Å². The van der Waals surface area contributed by atoms with Crippen molar-refractivity contribution in [2.45, 2.75) is 26.7 Å². The molecule has 0 spiro atoms. The second kappa shape index (κ2) is 8.03. The molecule has 1 fully saturated rings. The van der Waals surface area contributed by atoms with Gasteiger partial charge in [0.1, 0.15) is 23.2 Å². The van der Waals surface area contributed by atoms with Crippen molar-refractivity contribution in [2.24, 2.45) is 5.92 Å². The molecule has 1 amide bonds. The third-order valence-electron chi connectivity index (χ3n) is 5.52. The van der Waals surface area contributed by atoms with Crippen molar-refractivity contribution in [3.8, 4) is 5.82 Å². The SMILES string of the molecule is Cc1cc(C)n(-c2cc(N3CCCC(C(=O)Nc4cccc5nsnc45)C3)ncn2)n1. The molecule has 0 radical (unpaired) electrons. The van der Waals surface area contributed by atoms with E-state index in [4.69, 9.17) is 0 Å². The number of piperidine rings is 1. The molecule has 9 nitrogen and oxygen atoms in total. The zero-order valence-electron chi connectivity index (χ0n) is 17.3. The van der Waals surface area contributed by atoms with Gasteiger partial charge in [-0.2, -0.15) is 13.8 Å². The van der Waals surface area contributed by atoms with Crippen LogP contribution in [0.5, 0.6) is 0 Å². The third kappa shape index (κ3) is 3.86. The van der Waals surface area contributed by atoms with Gasteiger partial charge in [-0.25, -0.2) is 14.6 Å². The van der Waals surface area contributed by atoms with Crippen LogP contribution in [0, 0.1) is 19.8 Å². The first-order valence-corrected chi connectivity index (χ1v) is 10.9. The summed E-state index contributed by atoms with van der Waals surface area (Å²) >= 11 is 1.15. The van der Waals surface area contributed by atoms with Gasteiger partial charge in [0.2, 0.25) is 5.91 Å². The van der Waals surface area contributed by atoms with E-state index < -0.39 is 0 Å². The summed E-state index contributed by atoms with van der Waals surface area (Å²) < 4.78 is 10.4. The maximum atomic E-state index is 13.0. The molecule has 0 saturated carbocycles. The van der Waals surface area contributed by atoms with Crippen molar-refractivity contribution in [1.29, 1.82) is 0 Å². The maximum Gasteiger partial charge on any atom is 0.229 e. The molecule has 3 aromatic heterocycles. The quantitative estimate of drug-likeness (QED) is 0.526. The number of carbonyl (C=O) groups excluding carboxylic acids is 1. The maximum absolute atomic E-state index is 13.0. The minimum atomic E-state index is -0.136. The minimum Gasteiger partial charge on any atom is -0.356 e. The summed E-state index contributed by atoms with van der Waals surface area (Å²) in [5.41, 5.74) is 4.20. The number of nitrogens with one attached hydrogen (secondary N) is 1. The zero-order valence-corrected chi connectivity index (χ0v) is 18.1. The van der Waals surface area contributed by atoms with Gasteiger partial charge in [0.15, 0.2) is 5.82 Å². The smallest absolute Gasteiger partial charge is 0.229 e. The lowest BCUT2D eigenvalue weighted by Crippen LogP contribution is -2.41. The van der Waals surface area contributed by atoms with E-state index in [9.17, 15) is 4.79 Å². The molecule has 10 heteroatoms. The van der Waals surface area contributed by atoms with Crippen LogP contribution in [0.4, 0.5) is 11.5 Å². The molecule has 1 aromatic carbocycles. The van der Waals surface area contributed by atoms with Crippen molar-refractivity contribution in [3.63, 3.8) is 0 Å². The third-order valence-corrected chi connectivity index (χ3v) is 6.07. The lowest BCUT2D eigenvalue weighted by atomic mass is 9.97. The van der Waals surface area contributed by atoms with E-state index in [2.05, 4.69) is 34.0 Å². The molecule has 1 N–H and O–H groups in total.